The predicted octanol–water partition coefficient (Wildman–Crippen LogP) is 3.02. The quantitative estimate of drug-likeness (QED) is 0.890. The Labute approximate surface area is 98.1 Å². The topological polar surface area (TPSA) is 21.3 Å². The molecule has 15 heavy (non-hydrogen) atoms. The van der Waals surface area contributed by atoms with Gasteiger partial charge in [0.05, 0.1) is 11.1 Å². The van der Waals surface area contributed by atoms with E-state index < -0.39 is 0 Å². The molecular weight excluding hydrogens is 254 g/mol. The van der Waals surface area contributed by atoms with Crippen LogP contribution in [0.25, 0.3) is 0 Å². The second kappa shape index (κ2) is 3.80. The number of para-hydroxylation sites is 1. The fourth-order valence-corrected chi connectivity index (χ4v) is 2.59. The Bertz CT molecular complexity index is 376. The van der Waals surface area contributed by atoms with Crippen LogP contribution in [0.2, 0.25) is 0 Å². The van der Waals surface area contributed by atoms with Crippen molar-refractivity contribution in [1.82, 2.24) is 5.32 Å². The van der Waals surface area contributed by atoms with E-state index in [4.69, 9.17) is 4.74 Å². The van der Waals surface area contributed by atoms with Gasteiger partial charge >= 0.3 is 0 Å². The molecule has 1 fully saturated rings. The maximum atomic E-state index is 5.70. The van der Waals surface area contributed by atoms with E-state index in [0.717, 1.165) is 29.3 Å². The molecule has 1 heterocycles. The van der Waals surface area contributed by atoms with Gasteiger partial charge in [0, 0.05) is 24.1 Å². The molecule has 1 aliphatic heterocycles. The first-order valence-corrected chi connectivity index (χ1v) is 6.31. The first-order valence-electron chi connectivity index (χ1n) is 5.52. The Balaban J connectivity index is 1.91. The summed E-state index contributed by atoms with van der Waals surface area (Å²) in [5.74, 6) is 1.03. The van der Waals surface area contributed by atoms with Crippen LogP contribution in [0.4, 0.5) is 0 Å². The SMILES string of the molecule is Brc1cccc2c1OCCC2NC1CC1. The van der Waals surface area contributed by atoms with Gasteiger partial charge in [-0.05, 0) is 34.8 Å². The molecule has 80 valence electrons. The van der Waals surface area contributed by atoms with Gasteiger partial charge in [-0.2, -0.15) is 0 Å². The lowest BCUT2D eigenvalue weighted by Gasteiger charge is -2.27. The summed E-state index contributed by atoms with van der Waals surface area (Å²) in [5.41, 5.74) is 1.31. The van der Waals surface area contributed by atoms with E-state index >= 15 is 0 Å². The van der Waals surface area contributed by atoms with Crippen molar-refractivity contribution in [1.29, 1.82) is 0 Å². The molecule has 1 aliphatic carbocycles. The summed E-state index contributed by atoms with van der Waals surface area (Å²) in [6, 6.07) is 7.52. The summed E-state index contributed by atoms with van der Waals surface area (Å²) in [7, 11) is 0. The zero-order valence-electron chi connectivity index (χ0n) is 8.50. The van der Waals surface area contributed by atoms with Crippen molar-refractivity contribution in [2.75, 3.05) is 6.61 Å². The second-order valence-electron chi connectivity index (χ2n) is 4.29. The third-order valence-electron chi connectivity index (χ3n) is 3.04. The lowest BCUT2D eigenvalue weighted by atomic mass is 10.0. The van der Waals surface area contributed by atoms with Crippen molar-refractivity contribution in [3.05, 3.63) is 28.2 Å². The standard InChI is InChI=1S/C12H14BrNO/c13-10-3-1-2-9-11(14-8-4-5-8)6-7-15-12(9)10/h1-3,8,11,14H,4-7H2. The molecule has 2 nitrogen and oxygen atoms in total. The molecule has 1 N–H and O–H groups in total. The molecule has 0 aromatic heterocycles. The van der Waals surface area contributed by atoms with Gasteiger partial charge in [0.15, 0.2) is 0 Å². The minimum Gasteiger partial charge on any atom is -0.492 e. The van der Waals surface area contributed by atoms with E-state index in [1.165, 1.54) is 18.4 Å². The number of hydrogen-bond donors (Lipinski definition) is 1. The van der Waals surface area contributed by atoms with Crippen LogP contribution in [0, 0.1) is 0 Å². The minimum absolute atomic E-state index is 0.485. The van der Waals surface area contributed by atoms with E-state index in [9.17, 15) is 0 Å². The highest BCUT2D eigenvalue weighted by molar-refractivity contribution is 9.10. The summed E-state index contributed by atoms with van der Waals surface area (Å²) in [5, 5.41) is 3.68. The van der Waals surface area contributed by atoms with Gasteiger partial charge < -0.3 is 10.1 Å². The largest absolute Gasteiger partial charge is 0.492 e. The normalized spacial score (nSPS) is 24.5. The number of nitrogens with one attached hydrogen (secondary N) is 1. The van der Waals surface area contributed by atoms with E-state index in [1.54, 1.807) is 0 Å². The second-order valence-corrected chi connectivity index (χ2v) is 5.14. The van der Waals surface area contributed by atoms with Crippen LogP contribution in [0.1, 0.15) is 30.9 Å². The van der Waals surface area contributed by atoms with Gasteiger partial charge in [0.25, 0.3) is 0 Å². The summed E-state index contributed by atoms with van der Waals surface area (Å²) in [6.07, 6.45) is 3.75. The van der Waals surface area contributed by atoms with Crippen LogP contribution < -0.4 is 10.1 Å². The lowest BCUT2D eigenvalue weighted by molar-refractivity contribution is 0.250. The zero-order chi connectivity index (χ0) is 10.3. The van der Waals surface area contributed by atoms with Crippen LogP contribution in [0.3, 0.4) is 0 Å². The molecule has 1 atom stereocenters. The van der Waals surface area contributed by atoms with Gasteiger partial charge in [-0.15, -0.1) is 0 Å². The Morgan fingerprint density at radius 1 is 1.27 bits per heavy atom. The van der Waals surface area contributed by atoms with Gasteiger partial charge in [0.2, 0.25) is 0 Å². The maximum Gasteiger partial charge on any atom is 0.138 e. The summed E-state index contributed by atoms with van der Waals surface area (Å²) < 4.78 is 6.77. The molecule has 3 rings (SSSR count). The van der Waals surface area contributed by atoms with E-state index in [0.29, 0.717) is 6.04 Å². The lowest BCUT2D eigenvalue weighted by Crippen LogP contribution is -2.28. The number of benzene rings is 1. The number of hydrogen-bond acceptors (Lipinski definition) is 2. The molecule has 1 aromatic rings. The first-order chi connectivity index (χ1) is 7.34. The fourth-order valence-electron chi connectivity index (χ4n) is 2.09. The molecule has 1 aromatic carbocycles. The zero-order valence-corrected chi connectivity index (χ0v) is 10.1. The number of rotatable bonds is 2. The van der Waals surface area contributed by atoms with Crippen LogP contribution in [-0.2, 0) is 0 Å². The Kier molecular flexibility index (Phi) is 2.45. The first kappa shape index (κ1) is 9.67. The highest BCUT2D eigenvalue weighted by atomic mass is 79.9. The van der Waals surface area contributed by atoms with Crippen LogP contribution in [0.5, 0.6) is 5.75 Å². The average Bonchev–Trinajstić information content (AvgIpc) is 3.04. The average molecular weight is 268 g/mol. The molecule has 1 saturated carbocycles. The molecule has 0 bridgehead atoms. The van der Waals surface area contributed by atoms with E-state index in [1.807, 2.05) is 6.07 Å². The highest BCUT2D eigenvalue weighted by Gasteiger charge is 2.29. The Morgan fingerprint density at radius 3 is 2.93 bits per heavy atom. The fraction of sp³-hybridized carbons (Fsp3) is 0.500. The number of halogens is 1. The summed E-state index contributed by atoms with van der Waals surface area (Å²) in [6.45, 7) is 0.819. The van der Waals surface area contributed by atoms with Crippen molar-refractivity contribution in [2.24, 2.45) is 0 Å². The molecular formula is C12H14BrNO. The van der Waals surface area contributed by atoms with E-state index in [-0.39, 0.29) is 0 Å². The van der Waals surface area contributed by atoms with Gasteiger partial charge in [-0.1, -0.05) is 12.1 Å². The van der Waals surface area contributed by atoms with Crippen LogP contribution in [0.15, 0.2) is 22.7 Å². The molecule has 2 aliphatic rings. The highest BCUT2D eigenvalue weighted by Crippen LogP contribution is 2.39. The van der Waals surface area contributed by atoms with E-state index in [2.05, 4.69) is 33.4 Å². The smallest absolute Gasteiger partial charge is 0.138 e. The summed E-state index contributed by atoms with van der Waals surface area (Å²) in [4.78, 5) is 0. The number of fused-ring (bicyclic) bond motifs is 1. The van der Waals surface area contributed by atoms with Gasteiger partial charge in [-0.3, -0.25) is 0 Å². The minimum atomic E-state index is 0.485. The van der Waals surface area contributed by atoms with Crippen molar-refractivity contribution in [3.63, 3.8) is 0 Å². The number of ether oxygens (including phenoxy) is 1. The molecule has 0 spiro atoms. The van der Waals surface area contributed by atoms with Crippen molar-refractivity contribution in [3.8, 4) is 5.75 Å². The van der Waals surface area contributed by atoms with Crippen molar-refractivity contribution < 1.29 is 4.74 Å². The molecule has 0 radical (unpaired) electrons. The molecule has 1 unspecified atom stereocenters. The van der Waals surface area contributed by atoms with Crippen LogP contribution in [-0.4, -0.2) is 12.6 Å². The predicted molar refractivity (Wildman–Crippen MR) is 63.2 cm³/mol. The van der Waals surface area contributed by atoms with Crippen molar-refractivity contribution in [2.45, 2.75) is 31.3 Å². The van der Waals surface area contributed by atoms with Gasteiger partial charge in [-0.25, -0.2) is 0 Å². The molecule has 0 amide bonds. The molecule has 3 heteroatoms. The summed E-state index contributed by atoms with van der Waals surface area (Å²) >= 11 is 3.54. The Hall–Kier alpha value is -0.540. The Morgan fingerprint density at radius 2 is 2.13 bits per heavy atom. The monoisotopic (exact) mass is 267 g/mol. The van der Waals surface area contributed by atoms with Crippen molar-refractivity contribution >= 4 is 15.9 Å². The molecule has 0 saturated heterocycles. The van der Waals surface area contributed by atoms with Gasteiger partial charge in [0.1, 0.15) is 5.75 Å². The maximum absolute atomic E-state index is 5.70. The third-order valence-corrected chi connectivity index (χ3v) is 3.66. The third kappa shape index (κ3) is 1.91. The van der Waals surface area contributed by atoms with Crippen LogP contribution >= 0.6 is 15.9 Å².